The zero-order valence-corrected chi connectivity index (χ0v) is 14.8. The highest BCUT2D eigenvalue weighted by Gasteiger charge is 2.16. The number of carbonyl (C=O) groups excluding carboxylic acids is 1. The molecule has 1 aromatic carbocycles. The molecule has 2 heterocycles. The summed E-state index contributed by atoms with van der Waals surface area (Å²) >= 11 is 0. The fourth-order valence-electron chi connectivity index (χ4n) is 2.78. The highest BCUT2D eigenvalue weighted by atomic mass is 16.2. The first kappa shape index (κ1) is 17.0. The first-order chi connectivity index (χ1) is 12.0. The van der Waals surface area contributed by atoms with Crippen molar-refractivity contribution < 1.29 is 4.79 Å². The van der Waals surface area contributed by atoms with Crippen LogP contribution in [-0.2, 0) is 6.54 Å². The molecule has 0 unspecified atom stereocenters. The summed E-state index contributed by atoms with van der Waals surface area (Å²) in [5.74, 6) is 0.181. The van der Waals surface area contributed by atoms with Gasteiger partial charge in [0.25, 0.3) is 5.91 Å². The highest BCUT2D eigenvalue weighted by molar-refractivity contribution is 5.92. The molecule has 0 aliphatic heterocycles. The van der Waals surface area contributed by atoms with Crippen molar-refractivity contribution in [2.45, 2.75) is 26.3 Å². The van der Waals surface area contributed by atoms with Crippen LogP contribution >= 0.6 is 0 Å². The minimum absolute atomic E-state index is 0.138. The molecule has 0 saturated carbocycles. The van der Waals surface area contributed by atoms with E-state index in [1.165, 1.54) is 5.39 Å². The zero-order chi connectivity index (χ0) is 18.0. The van der Waals surface area contributed by atoms with Crippen LogP contribution in [0.1, 0.15) is 35.9 Å². The number of hydrogen-bond donors (Lipinski definition) is 1. The van der Waals surface area contributed by atoms with E-state index in [0.717, 1.165) is 11.2 Å². The van der Waals surface area contributed by atoms with E-state index < -0.39 is 0 Å². The first-order valence-electron chi connectivity index (χ1n) is 8.39. The molecule has 2 N–H and O–H groups in total. The Morgan fingerprint density at radius 2 is 2.00 bits per heavy atom. The van der Waals surface area contributed by atoms with Crippen LogP contribution in [0.4, 0.5) is 5.95 Å². The quantitative estimate of drug-likeness (QED) is 0.776. The largest absolute Gasteiger partial charge is 0.368 e. The highest BCUT2D eigenvalue weighted by Crippen LogP contribution is 2.16. The summed E-state index contributed by atoms with van der Waals surface area (Å²) < 4.78 is 2.15. The number of hydrogen-bond acceptors (Lipinski definition) is 4. The Morgan fingerprint density at radius 3 is 2.76 bits per heavy atom. The first-order valence-corrected chi connectivity index (χ1v) is 8.39. The van der Waals surface area contributed by atoms with Crippen LogP contribution in [0.3, 0.4) is 0 Å². The van der Waals surface area contributed by atoms with Gasteiger partial charge in [0.05, 0.1) is 0 Å². The number of amides is 1. The molecular weight excluding hydrogens is 314 g/mol. The van der Waals surface area contributed by atoms with Crippen molar-refractivity contribution in [3.63, 3.8) is 0 Å². The van der Waals surface area contributed by atoms with E-state index in [0.29, 0.717) is 18.8 Å². The third-order valence-electron chi connectivity index (χ3n) is 4.28. The van der Waals surface area contributed by atoms with Crippen LogP contribution in [-0.4, -0.2) is 38.9 Å². The summed E-state index contributed by atoms with van der Waals surface area (Å²) in [5.41, 5.74) is 8.04. The molecule has 0 radical (unpaired) electrons. The molecule has 0 aliphatic carbocycles. The summed E-state index contributed by atoms with van der Waals surface area (Å²) in [6.07, 6.45) is 2.04. The third kappa shape index (κ3) is 3.63. The van der Waals surface area contributed by atoms with Crippen LogP contribution in [0.2, 0.25) is 0 Å². The van der Waals surface area contributed by atoms with Crippen LogP contribution in [0.25, 0.3) is 10.9 Å². The minimum Gasteiger partial charge on any atom is -0.368 e. The number of nitrogen functional groups attached to an aromatic ring is 1. The zero-order valence-electron chi connectivity index (χ0n) is 14.8. The van der Waals surface area contributed by atoms with E-state index in [4.69, 9.17) is 5.73 Å². The van der Waals surface area contributed by atoms with Crippen LogP contribution in [0.15, 0.2) is 42.6 Å². The molecule has 3 rings (SSSR count). The summed E-state index contributed by atoms with van der Waals surface area (Å²) in [6.45, 7) is 5.32. The molecule has 0 fully saturated rings. The molecule has 0 saturated heterocycles. The fraction of sp³-hybridized carbons (Fsp3) is 0.316. The van der Waals surface area contributed by atoms with Crippen molar-refractivity contribution in [3.05, 3.63) is 54.0 Å². The second kappa shape index (κ2) is 6.93. The summed E-state index contributed by atoms with van der Waals surface area (Å²) in [6, 6.07) is 12.0. The second-order valence-electron chi connectivity index (χ2n) is 6.49. The number of aromatic nitrogens is 3. The van der Waals surface area contributed by atoms with Gasteiger partial charge in [0.1, 0.15) is 5.69 Å². The number of carbonyl (C=O) groups is 1. The van der Waals surface area contributed by atoms with E-state index in [1.807, 2.05) is 32.2 Å². The van der Waals surface area contributed by atoms with Gasteiger partial charge in [-0.2, -0.15) is 0 Å². The Balaban J connectivity index is 1.73. The number of rotatable bonds is 5. The molecule has 1 amide bonds. The van der Waals surface area contributed by atoms with Crippen molar-refractivity contribution in [1.82, 2.24) is 19.4 Å². The average molecular weight is 337 g/mol. The Labute approximate surface area is 147 Å². The molecule has 130 valence electrons. The lowest BCUT2D eigenvalue weighted by Gasteiger charge is -2.18. The molecule has 0 aliphatic rings. The standard InChI is InChI=1S/C19H23N5O/c1-13(2)15-12-16(22-19(20)21-15)18(25)23(3)10-11-24-9-8-14-6-4-5-7-17(14)24/h4-9,12-13H,10-11H2,1-3H3,(H2,20,21,22). The summed E-state index contributed by atoms with van der Waals surface area (Å²) in [4.78, 5) is 22.6. The fourth-order valence-corrected chi connectivity index (χ4v) is 2.78. The molecule has 0 bridgehead atoms. The van der Waals surface area contributed by atoms with Gasteiger partial charge < -0.3 is 15.2 Å². The van der Waals surface area contributed by atoms with Crippen molar-refractivity contribution in [1.29, 1.82) is 0 Å². The lowest BCUT2D eigenvalue weighted by atomic mass is 10.1. The summed E-state index contributed by atoms with van der Waals surface area (Å²) in [7, 11) is 1.78. The van der Waals surface area contributed by atoms with E-state index in [-0.39, 0.29) is 17.8 Å². The maximum absolute atomic E-state index is 12.7. The molecule has 0 atom stereocenters. The monoisotopic (exact) mass is 337 g/mol. The van der Waals surface area contributed by atoms with Crippen LogP contribution in [0.5, 0.6) is 0 Å². The number of nitrogens with two attached hydrogens (primary N) is 1. The smallest absolute Gasteiger partial charge is 0.272 e. The van der Waals surface area contributed by atoms with Crippen molar-refractivity contribution >= 4 is 22.8 Å². The van der Waals surface area contributed by atoms with Crippen molar-refractivity contribution in [2.75, 3.05) is 19.3 Å². The minimum atomic E-state index is -0.146. The number of para-hydroxylation sites is 1. The van der Waals surface area contributed by atoms with E-state index in [1.54, 1.807) is 18.0 Å². The normalized spacial score (nSPS) is 11.2. The number of anilines is 1. The molecule has 6 heteroatoms. The van der Waals surface area contributed by atoms with Crippen molar-refractivity contribution in [3.8, 4) is 0 Å². The molecule has 3 aromatic rings. The number of fused-ring (bicyclic) bond motifs is 1. The average Bonchev–Trinajstić information content (AvgIpc) is 3.01. The molecule has 25 heavy (non-hydrogen) atoms. The SMILES string of the molecule is CC(C)c1cc(C(=O)N(C)CCn2ccc3ccccc32)nc(N)n1. The maximum Gasteiger partial charge on any atom is 0.272 e. The Kier molecular flexibility index (Phi) is 4.70. The predicted molar refractivity (Wildman–Crippen MR) is 99.4 cm³/mol. The number of nitrogens with zero attached hydrogens (tertiary/aromatic N) is 4. The Hall–Kier alpha value is -2.89. The van der Waals surface area contributed by atoms with Gasteiger partial charge in [-0.15, -0.1) is 0 Å². The van der Waals surface area contributed by atoms with Gasteiger partial charge in [0, 0.05) is 37.5 Å². The lowest BCUT2D eigenvalue weighted by Crippen LogP contribution is -2.31. The summed E-state index contributed by atoms with van der Waals surface area (Å²) in [5, 5.41) is 1.20. The van der Waals surface area contributed by atoms with E-state index >= 15 is 0 Å². The maximum atomic E-state index is 12.7. The second-order valence-corrected chi connectivity index (χ2v) is 6.49. The van der Waals surface area contributed by atoms with E-state index in [9.17, 15) is 4.79 Å². The van der Waals surface area contributed by atoms with Gasteiger partial charge in [-0.1, -0.05) is 32.0 Å². The van der Waals surface area contributed by atoms with Gasteiger partial charge in [-0.3, -0.25) is 4.79 Å². The van der Waals surface area contributed by atoms with Gasteiger partial charge >= 0.3 is 0 Å². The lowest BCUT2D eigenvalue weighted by molar-refractivity contribution is 0.0785. The molecule has 0 spiro atoms. The van der Waals surface area contributed by atoms with Gasteiger partial charge in [-0.05, 0) is 29.5 Å². The van der Waals surface area contributed by atoms with Crippen molar-refractivity contribution in [2.24, 2.45) is 0 Å². The van der Waals surface area contributed by atoms with Gasteiger partial charge in [-0.25, -0.2) is 9.97 Å². The molecular formula is C19H23N5O. The molecule has 6 nitrogen and oxygen atoms in total. The predicted octanol–water partition coefficient (Wildman–Crippen LogP) is 2.91. The van der Waals surface area contributed by atoms with E-state index in [2.05, 4.69) is 32.7 Å². The Morgan fingerprint density at radius 1 is 1.24 bits per heavy atom. The Bertz CT molecular complexity index is 900. The van der Waals surface area contributed by atoms with Crippen LogP contribution < -0.4 is 5.73 Å². The number of benzene rings is 1. The topological polar surface area (TPSA) is 77.0 Å². The number of likely N-dealkylation sites (N-methyl/N-ethyl adjacent to an activating group) is 1. The van der Waals surface area contributed by atoms with Gasteiger partial charge in [0.2, 0.25) is 5.95 Å². The van der Waals surface area contributed by atoms with Gasteiger partial charge in [0.15, 0.2) is 0 Å². The third-order valence-corrected chi connectivity index (χ3v) is 4.28. The van der Waals surface area contributed by atoms with Crippen LogP contribution in [0, 0.1) is 0 Å². The molecule has 2 aromatic heterocycles.